The molecule has 0 radical (unpaired) electrons. The third-order valence-electron chi connectivity index (χ3n) is 16.4. The number of aliphatic hydroxyl groups is 1. The van der Waals surface area contributed by atoms with Gasteiger partial charge in [-0.1, -0.05) is 238 Å². The van der Waals surface area contributed by atoms with Crippen LogP contribution in [0.1, 0.15) is 309 Å². The van der Waals surface area contributed by atoms with Crippen molar-refractivity contribution in [3.05, 3.63) is 122 Å². The van der Waals surface area contributed by atoms with Gasteiger partial charge in [0.1, 0.15) is 37.5 Å². The normalized spacial score (nSPS) is 14.6. The fourth-order valence-electron chi connectivity index (χ4n) is 10.3. The summed E-state index contributed by atoms with van der Waals surface area (Å²) in [6.45, 7) is 2.10. The molecule has 0 aliphatic rings. The molecule has 0 aliphatic carbocycles. The van der Waals surface area contributed by atoms with Crippen LogP contribution in [0.25, 0.3) is 0 Å². The summed E-state index contributed by atoms with van der Waals surface area (Å²) in [5.74, 6) is -0.964. The monoisotopic (exact) mass is 1470 g/mol. The van der Waals surface area contributed by atoms with E-state index >= 15 is 0 Å². The van der Waals surface area contributed by atoms with Crippen molar-refractivity contribution in [2.45, 2.75) is 328 Å². The maximum absolute atomic E-state index is 13.1. The molecule has 0 aromatic rings. The highest BCUT2D eigenvalue weighted by atomic mass is 31.2. The Hall–Kier alpha value is -4.22. The highest BCUT2D eigenvalue weighted by Crippen LogP contribution is 2.45. The lowest BCUT2D eigenvalue weighted by Crippen LogP contribution is -2.29. The number of hydrogen-bond acceptors (Lipinski definition) is 15. The Balaban J connectivity index is 5.33. The van der Waals surface area contributed by atoms with Gasteiger partial charge in [0.05, 0.1) is 33.0 Å². The van der Waals surface area contributed by atoms with Gasteiger partial charge >= 0.3 is 27.6 Å². The second-order valence-corrected chi connectivity index (χ2v) is 29.1. The van der Waals surface area contributed by atoms with Crippen molar-refractivity contribution in [1.82, 2.24) is 0 Å². The SMILES string of the molecule is CCCCC/C=C\C/C=C\C/C=C\C/C=C\CCCC(=O)OC[C@H](COP(=O)(O)OC[C@@H](O)COP(=O)(O)OC[C@@H](COCCCCCCC/C=C\CCCCCCC=O)OC(=O)CCC/C=C\C/C=C\C/C=C\C/C=C\CCCCC)OCCCCCCCCC/C=C\CCCCCCC=O. The zero-order valence-corrected chi connectivity index (χ0v) is 65.4. The van der Waals surface area contributed by atoms with Crippen LogP contribution in [0.15, 0.2) is 122 Å². The lowest BCUT2D eigenvalue weighted by atomic mass is 10.1. The number of phosphoric acid groups is 2. The molecule has 0 saturated carbocycles. The van der Waals surface area contributed by atoms with Gasteiger partial charge in [0.15, 0.2) is 0 Å². The number of ether oxygens (including phenoxy) is 4. The van der Waals surface area contributed by atoms with Crippen molar-refractivity contribution in [3.8, 4) is 0 Å². The number of rotatable bonds is 78. The Labute approximate surface area is 619 Å². The number of allylic oxidation sites excluding steroid dienone is 20. The summed E-state index contributed by atoms with van der Waals surface area (Å²) in [5, 5.41) is 10.6. The van der Waals surface area contributed by atoms with Gasteiger partial charge in [0.25, 0.3) is 0 Å². The zero-order valence-electron chi connectivity index (χ0n) is 63.6. The van der Waals surface area contributed by atoms with E-state index in [1.54, 1.807) is 0 Å². The molecular weight excluding hydrogens is 1330 g/mol. The van der Waals surface area contributed by atoms with Crippen LogP contribution in [0.4, 0.5) is 0 Å². The average molecular weight is 1470 g/mol. The smallest absolute Gasteiger partial charge is 0.463 e. The molecule has 0 rings (SSSR count). The Kier molecular flexibility index (Phi) is 74.6. The van der Waals surface area contributed by atoms with E-state index < -0.39 is 72.3 Å². The third-order valence-corrected chi connectivity index (χ3v) is 18.3. The Morgan fingerprint density at radius 2 is 0.618 bits per heavy atom. The van der Waals surface area contributed by atoms with Gasteiger partial charge in [-0.25, -0.2) is 9.13 Å². The topological polar surface area (TPSA) is 237 Å². The first-order chi connectivity index (χ1) is 49.9. The van der Waals surface area contributed by atoms with Crippen LogP contribution in [-0.4, -0.2) is 111 Å². The van der Waals surface area contributed by atoms with Crippen LogP contribution in [0, 0.1) is 0 Å². The molecule has 5 atom stereocenters. The van der Waals surface area contributed by atoms with E-state index in [1.807, 2.05) is 12.2 Å². The Bertz CT molecular complexity index is 2340. The summed E-state index contributed by atoms with van der Waals surface area (Å²) >= 11 is 0. The lowest BCUT2D eigenvalue weighted by molar-refractivity contribution is -0.154. The minimum absolute atomic E-state index is 0.0953. The van der Waals surface area contributed by atoms with Crippen LogP contribution in [0.5, 0.6) is 0 Å². The van der Waals surface area contributed by atoms with Gasteiger partial charge in [0.2, 0.25) is 0 Å². The molecule has 102 heavy (non-hydrogen) atoms. The highest BCUT2D eigenvalue weighted by Gasteiger charge is 2.29. The van der Waals surface area contributed by atoms with E-state index in [9.17, 15) is 43.2 Å². The van der Waals surface area contributed by atoms with Crippen molar-refractivity contribution in [3.63, 3.8) is 0 Å². The molecule has 0 saturated heterocycles. The first-order valence-corrected chi connectivity index (χ1v) is 42.7. The molecule has 17 nitrogen and oxygen atoms in total. The molecule has 3 N–H and O–H groups in total. The van der Waals surface area contributed by atoms with Crippen molar-refractivity contribution >= 4 is 40.2 Å². The lowest BCUT2D eigenvalue weighted by Gasteiger charge is -2.21. The predicted octanol–water partition coefficient (Wildman–Crippen LogP) is 22.4. The second-order valence-electron chi connectivity index (χ2n) is 26.2. The number of esters is 2. The second kappa shape index (κ2) is 77.9. The van der Waals surface area contributed by atoms with E-state index in [0.29, 0.717) is 51.7 Å². The molecule has 0 amide bonds. The average Bonchev–Trinajstić information content (AvgIpc) is 0.919. The van der Waals surface area contributed by atoms with Gasteiger partial charge in [0, 0.05) is 38.9 Å². The summed E-state index contributed by atoms with van der Waals surface area (Å²) in [6.07, 6.45) is 86.0. The Morgan fingerprint density at radius 3 is 1.00 bits per heavy atom. The molecule has 0 fully saturated rings. The summed E-state index contributed by atoms with van der Waals surface area (Å²) in [7, 11) is -9.73. The standard InChI is InChI=1S/C83H142O17P2/c1-3-5-7-9-11-13-15-17-19-21-25-31-37-43-49-55-61-67-82(87)95-76-80(94-72-66-60-54-48-42-36-29-24-23-27-33-39-45-51-57-63-69-84)77-98-101(89,90)96-73-79(86)74-97-102(91,92)99-78-81(75-93-71-65-59-53-47-41-35-30-28-34-40-46-52-58-64-70-85)100-83(88)68-62-56-50-44-38-32-26-22-20-18-16-14-12-10-8-6-4-2/h11-14,17-20,23,25-28,30-32,43-44,49-50,69-70,79-81,86H,3-10,15-16,21-22,24,29,33-42,45-48,51-68,71-78H2,1-2H3,(H,89,90)(H,91,92)/b13-11-,14-12-,19-17-,20-18-,27-23-,30-28-,31-25-,32-26-,49-43-,50-44-/t79-,80-,81-/m1/s1. The summed E-state index contributed by atoms with van der Waals surface area (Å²) in [6, 6.07) is 0. The van der Waals surface area contributed by atoms with Crippen LogP contribution in [0.2, 0.25) is 0 Å². The van der Waals surface area contributed by atoms with Gasteiger partial charge in [-0.05, 0) is 167 Å². The maximum Gasteiger partial charge on any atom is 0.472 e. The zero-order chi connectivity index (χ0) is 74.3. The number of carbonyl (C=O) groups excluding carboxylic acids is 4. The number of aliphatic hydroxyl groups excluding tert-OH is 1. The van der Waals surface area contributed by atoms with E-state index in [1.165, 1.54) is 38.5 Å². The van der Waals surface area contributed by atoms with E-state index in [4.69, 9.17) is 37.0 Å². The van der Waals surface area contributed by atoms with Crippen molar-refractivity contribution < 1.29 is 80.2 Å². The van der Waals surface area contributed by atoms with Gasteiger partial charge in [-0.3, -0.25) is 27.7 Å². The fourth-order valence-corrected chi connectivity index (χ4v) is 11.9. The van der Waals surface area contributed by atoms with Crippen molar-refractivity contribution in [2.24, 2.45) is 0 Å². The number of aldehydes is 2. The Morgan fingerprint density at radius 1 is 0.324 bits per heavy atom. The predicted molar refractivity (Wildman–Crippen MR) is 418 cm³/mol. The quantitative estimate of drug-likeness (QED) is 0.0169. The van der Waals surface area contributed by atoms with Crippen LogP contribution in [-0.2, 0) is 65.4 Å². The number of carbonyl (C=O) groups is 4. The summed E-state index contributed by atoms with van der Waals surface area (Å²) < 4.78 is 69.8. The summed E-state index contributed by atoms with van der Waals surface area (Å²) in [5.41, 5.74) is 0. The number of hydrogen-bond donors (Lipinski definition) is 3. The number of phosphoric ester groups is 2. The molecule has 0 heterocycles. The first kappa shape index (κ1) is 97.8. The minimum Gasteiger partial charge on any atom is -0.463 e. The molecular formula is C83H142O17P2. The molecule has 586 valence electrons. The van der Waals surface area contributed by atoms with E-state index in [-0.39, 0.29) is 26.1 Å². The van der Waals surface area contributed by atoms with Crippen molar-refractivity contribution in [2.75, 3.05) is 52.9 Å². The third kappa shape index (κ3) is 76.9. The van der Waals surface area contributed by atoms with Crippen molar-refractivity contribution in [1.29, 1.82) is 0 Å². The van der Waals surface area contributed by atoms with Gasteiger partial charge in [-0.2, -0.15) is 0 Å². The molecule has 0 bridgehead atoms. The van der Waals surface area contributed by atoms with Gasteiger partial charge in [-0.15, -0.1) is 0 Å². The fraction of sp³-hybridized carbons (Fsp3) is 0.711. The van der Waals surface area contributed by atoms with E-state index in [2.05, 4.69) is 123 Å². The molecule has 0 aromatic heterocycles. The molecule has 0 aliphatic heterocycles. The molecule has 19 heteroatoms. The van der Waals surface area contributed by atoms with Crippen LogP contribution >= 0.6 is 15.6 Å². The largest absolute Gasteiger partial charge is 0.472 e. The van der Waals surface area contributed by atoms with Crippen LogP contribution in [0.3, 0.4) is 0 Å². The molecule has 0 spiro atoms. The van der Waals surface area contributed by atoms with E-state index in [0.717, 1.165) is 218 Å². The van der Waals surface area contributed by atoms with Gasteiger partial charge < -0.3 is 43.4 Å². The first-order valence-electron chi connectivity index (χ1n) is 39.7. The molecule has 0 aromatic carbocycles. The maximum atomic E-state index is 13.1. The van der Waals surface area contributed by atoms with Crippen LogP contribution < -0.4 is 0 Å². The summed E-state index contributed by atoms with van der Waals surface area (Å²) in [4.78, 5) is 68.1. The number of unbranched alkanes of at least 4 members (excludes halogenated alkanes) is 30. The minimum atomic E-state index is -4.88. The molecule has 2 unspecified atom stereocenters. The highest BCUT2D eigenvalue weighted by molar-refractivity contribution is 7.47.